The van der Waals surface area contributed by atoms with E-state index in [2.05, 4.69) is 15.9 Å². The van der Waals surface area contributed by atoms with Gasteiger partial charge in [0, 0.05) is 4.47 Å². The van der Waals surface area contributed by atoms with Crippen molar-refractivity contribution in [2.45, 2.75) is 13.5 Å². The zero-order valence-electron chi connectivity index (χ0n) is 17.1. The maximum Gasteiger partial charge on any atom is 0.343 e. The lowest BCUT2D eigenvalue weighted by Gasteiger charge is -2.12. The molecule has 1 fully saturated rings. The molecular weight excluding hydrogens is 490 g/mol. The quantitative estimate of drug-likeness (QED) is 0.233. The molecule has 1 heterocycles. The Labute approximate surface area is 198 Å². The largest absolute Gasteiger partial charge is 0.423 e. The molecule has 1 aliphatic rings. The monoisotopic (exact) mass is 507 g/mol. The van der Waals surface area contributed by atoms with Gasteiger partial charge in [-0.25, -0.2) is 4.79 Å². The van der Waals surface area contributed by atoms with E-state index in [0.29, 0.717) is 16.2 Å². The summed E-state index contributed by atoms with van der Waals surface area (Å²) < 4.78 is 6.33. The molecule has 0 bridgehead atoms. The van der Waals surface area contributed by atoms with Crippen molar-refractivity contribution in [3.05, 3.63) is 104 Å². The zero-order valence-corrected chi connectivity index (χ0v) is 19.5. The summed E-state index contributed by atoms with van der Waals surface area (Å²) >= 11 is 4.29. The van der Waals surface area contributed by atoms with Crippen LogP contribution in [0.2, 0.25) is 0 Å². The number of benzene rings is 3. The lowest BCUT2D eigenvalue weighted by molar-refractivity contribution is -0.123. The van der Waals surface area contributed by atoms with Crippen molar-refractivity contribution in [1.29, 1.82) is 0 Å². The first-order valence-corrected chi connectivity index (χ1v) is 11.4. The minimum Gasteiger partial charge on any atom is -0.423 e. The Morgan fingerprint density at radius 1 is 0.969 bits per heavy atom. The van der Waals surface area contributed by atoms with Crippen LogP contribution in [-0.2, 0) is 11.3 Å². The first-order chi connectivity index (χ1) is 15.4. The second kappa shape index (κ2) is 9.54. The van der Waals surface area contributed by atoms with Crippen molar-refractivity contribution in [2.24, 2.45) is 0 Å². The normalized spacial score (nSPS) is 14.8. The number of hydrogen-bond donors (Lipinski definition) is 0. The van der Waals surface area contributed by atoms with Gasteiger partial charge >= 0.3 is 5.97 Å². The fourth-order valence-corrected chi connectivity index (χ4v) is 4.15. The van der Waals surface area contributed by atoms with Crippen molar-refractivity contribution in [2.75, 3.05) is 0 Å². The lowest BCUT2D eigenvalue weighted by Crippen LogP contribution is -2.27. The number of thioether (sulfide) groups is 1. The van der Waals surface area contributed by atoms with E-state index in [1.54, 1.807) is 42.5 Å². The molecule has 32 heavy (non-hydrogen) atoms. The molecule has 5 nitrogen and oxygen atoms in total. The predicted molar refractivity (Wildman–Crippen MR) is 128 cm³/mol. The van der Waals surface area contributed by atoms with E-state index in [9.17, 15) is 14.4 Å². The van der Waals surface area contributed by atoms with Gasteiger partial charge in [-0.15, -0.1) is 0 Å². The SMILES string of the molecule is Cc1ccc(C(=O)Oc2ccc(/C=C3\SC(=O)N(Cc4ccc(Br)cc4)C3=O)cc2)cc1. The van der Waals surface area contributed by atoms with Crippen LogP contribution in [0.25, 0.3) is 6.08 Å². The Morgan fingerprint density at radius 3 is 2.28 bits per heavy atom. The summed E-state index contributed by atoms with van der Waals surface area (Å²) in [6, 6.07) is 21.4. The molecular formula is C25H18BrNO4S. The molecule has 160 valence electrons. The molecule has 0 aliphatic carbocycles. The molecule has 0 radical (unpaired) electrons. The number of esters is 1. The molecule has 1 saturated heterocycles. The molecule has 1 aliphatic heterocycles. The Kier molecular flexibility index (Phi) is 6.58. The minimum absolute atomic E-state index is 0.225. The number of hydrogen-bond acceptors (Lipinski definition) is 5. The van der Waals surface area contributed by atoms with Crippen LogP contribution in [0, 0.1) is 6.92 Å². The smallest absolute Gasteiger partial charge is 0.343 e. The molecule has 0 N–H and O–H groups in total. The molecule has 0 aromatic heterocycles. The van der Waals surface area contributed by atoms with Gasteiger partial charge in [-0.3, -0.25) is 14.5 Å². The second-order valence-corrected chi connectivity index (χ2v) is 9.13. The fraction of sp³-hybridized carbons (Fsp3) is 0.0800. The first-order valence-electron chi connectivity index (χ1n) is 9.78. The predicted octanol–water partition coefficient (Wildman–Crippen LogP) is 6.21. The van der Waals surface area contributed by atoms with Crippen molar-refractivity contribution in [1.82, 2.24) is 4.90 Å². The fourth-order valence-electron chi connectivity index (χ4n) is 3.05. The molecule has 0 spiro atoms. The maximum atomic E-state index is 12.7. The molecule has 0 unspecified atom stereocenters. The average Bonchev–Trinajstić information content (AvgIpc) is 3.04. The van der Waals surface area contributed by atoms with Crippen molar-refractivity contribution in [3.8, 4) is 5.75 Å². The van der Waals surface area contributed by atoms with Crippen LogP contribution in [0.3, 0.4) is 0 Å². The van der Waals surface area contributed by atoms with Gasteiger partial charge in [0.15, 0.2) is 0 Å². The highest BCUT2D eigenvalue weighted by molar-refractivity contribution is 9.10. The number of aryl methyl sites for hydroxylation is 1. The Bertz CT molecular complexity index is 1200. The van der Waals surface area contributed by atoms with E-state index < -0.39 is 5.97 Å². The standard InChI is InChI=1S/C25H18BrNO4S/c1-16-2-8-19(9-3-16)24(29)31-21-12-6-17(7-13-21)14-22-23(28)27(25(30)32-22)15-18-4-10-20(26)11-5-18/h2-14H,15H2,1H3/b22-14-. The van der Waals surface area contributed by atoms with E-state index in [1.807, 2.05) is 43.3 Å². The van der Waals surface area contributed by atoms with Gasteiger partial charge in [-0.1, -0.05) is 57.9 Å². The Balaban J connectivity index is 1.42. The molecule has 4 rings (SSSR count). The van der Waals surface area contributed by atoms with Crippen LogP contribution >= 0.6 is 27.7 Å². The third kappa shape index (κ3) is 5.18. The number of halogens is 1. The van der Waals surface area contributed by atoms with Gasteiger partial charge in [0.25, 0.3) is 11.1 Å². The second-order valence-electron chi connectivity index (χ2n) is 7.22. The molecule has 3 aromatic carbocycles. The summed E-state index contributed by atoms with van der Waals surface area (Å²) in [5.74, 6) is -0.360. The maximum absolute atomic E-state index is 12.7. The van der Waals surface area contributed by atoms with Crippen molar-refractivity contribution < 1.29 is 19.1 Å². The highest BCUT2D eigenvalue weighted by atomic mass is 79.9. The van der Waals surface area contributed by atoms with Crippen LogP contribution in [0.5, 0.6) is 5.75 Å². The number of imide groups is 1. The number of nitrogens with zero attached hydrogens (tertiary/aromatic N) is 1. The molecule has 0 atom stereocenters. The van der Waals surface area contributed by atoms with Gasteiger partial charge in [0.1, 0.15) is 5.75 Å². The molecule has 0 saturated carbocycles. The summed E-state index contributed by atoms with van der Waals surface area (Å²) in [6.07, 6.45) is 1.66. The van der Waals surface area contributed by atoms with Crippen molar-refractivity contribution >= 4 is 50.9 Å². The van der Waals surface area contributed by atoms with Gasteiger partial charge in [0.2, 0.25) is 0 Å². The van der Waals surface area contributed by atoms with Crippen LogP contribution < -0.4 is 4.74 Å². The Hall–Kier alpha value is -3.16. The van der Waals surface area contributed by atoms with Crippen LogP contribution in [0.15, 0.2) is 82.2 Å². The highest BCUT2D eigenvalue weighted by Gasteiger charge is 2.34. The average molecular weight is 508 g/mol. The van der Waals surface area contributed by atoms with E-state index in [-0.39, 0.29) is 17.7 Å². The van der Waals surface area contributed by atoms with E-state index in [4.69, 9.17) is 4.74 Å². The molecule has 2 amide bonds. The minimum atomic E-state index is -0.438. The lowest BCUT2D eigenvalue weighted by atomic mass is 10.1. The summed E-state index contributed by atoms with van der Waals surface area (Å²) in [5.41, 5.74) is 3.14. The van der Waals surface area contributed by atoms with Crippen molar-refractivity contribution in [3.63, 3.8) is 0 Å². The van der Waals surface area contributed by atoms with Crippen LogP contribution in [0.4, 0.5) is 4.79 Å². The summed E-state index contributed by atoms with van der Waals surface area (Å²) in [4.78, 5) is 38.9. The van der Waals surface area contributed by atoms with E-state index >= 15 is 0 Å². The first kappa shape index (κ1) is 22.0. The number of carbonyl (C=O) groups is 3. The zero-order chi connectivity index (χ0) is 22.7. The number of carbonyl (C=O) groups excluding carboxylic acids is 3. The summed E-state index contributed by atoms with van der Waals surface area (Å²) in [5, 5.41) is -0.298. The Morgan fingerprint density at radius 2 is 1.62 bits per heavy atom. The van der Waals surface area contributed by atoms with Gasteiger partial charge in [-0.05, 0) is 72.3 Å². The molecule has 7 heteroatoms. The van der Waals surface area contributed by atoms with Gasteiger partial charge in [0.05, 0.1) is 17.0 Å². The van der Waals surface area contributed by atoms with Crippen LogP contribution in [0.1, 0.15) is 27.0 Å². The molecule has 3 aromatic rings. The summed E-state index contributed by atoms with van der Waals surface area (Å²) in [7, 11) is 0. The third-order valence-corrected chi connectivity index (χ3v) is 6.24. The topological polar surface area (TPSA) is 63.7 Å². The van der Waals surface area contributed by atoms with Crippen LogP contribution in [-0.4, -0.2) is 22.0 Å². The van der Waals surface area contributed by atoms with Gasteiger partial charge < -0.3 is 4.74 Å². The number of ether oxygens (including phenoxy) is 1. The van der Waals surface area contributed by atoms with E-state index in [0.717, 1.165) is 32.9 Å². The number of rotatable bonds is 5. The number of amides is 2. The summed E-state index contributed by atoms with van der Waals surface area (Å²) in [6.45, 7) is 2.17. The third-order valence-electron chi connectivity index (χ3n) is 4.80. The highest BCUT2D eigenvalue weighted by Crippen LogP contribution is 2.33. The van der Waals surface area contributed by atoms with E-state index in [1.165, 1.54) is 4.90 Å². The van der Waals surface area contributed by atoms with Gasteiger partial charge in [-0.2, -0.15) is 0 Å².